The number of aromatic amines is 1. The lowest BCUT2D eigenvalue weighted by Crippen LogP contribution is -2.19. The third kappa shape index (κ3) is 4.55. The molecule has 0 saturated heterocycles. The van der Waals surface area contributed by atoms with Gasteiger partial charge in [-0.1, -0.05) is 23.9 Å². The van der Waals surface area contributed by atoms with Gasteiger partial charge in [0.25, 0.3) is 0 Å². The summed E-state index contributed by atoms with van der Waals surface area (Å²) < 4.78 is 10.4. The van der Waals surface area contributed by atoms with Crippen LogP contribution < -0.4 is 10.5 Å². The molecular weight excluding hydrogens is 438 g/mol. The Morgan fingerprint density at radius 1 is 1.35 bits per heavy atom. The molecule has 0 radical (unpaired) electrons. The highest BCUT2D eigenvalue weighted by atomic mass is 32.2. The zero-order valence-corrected chi connectivity index (χ0v) is 18.6. The van der Waals surface area contributed by atoms with Gasteiger partial charge >= 0.3 is 5.97 Å². The van der Waals surface area contributed by atoms with E-state index in [2.05, 4.69) is 21.3 Å². The number of amides is 1. The Morgan fingerprint density at radius 3 is 2.74 bits per heavy atom. The number of para-hydroxylation sites is 1. The quantitative estimate of drug-likeness (QED) is 0.387. The van der Waals surface area contributed by atoms with E-state index in [0.717, 1.165) is 23.1 Å². The fourth-order valence-corrected chi connectivity index (χ4v) is 5.10. The molecule has 0 aliphatic heterocycles. The van der Waals surface area contributed by atoms with Crippen molar-refractivity contribution in [2.24, 2.45) is 5.73 Å². The Kier molecular flexibility index (Phi) is 6.94. The summed E-state index contributed by atoms with van der Waals surface area (Å²) in [6.45, 7) is 3.53. The topological polar surface area (TPSA) is 144 Å². The van der Waals surface area contributed by atoms with Crippen LogP contribution in [-0.2, 0) is 9.53 Å². The normalized spacial score (nSPS) is 11.5. The number of nitrogens with zero attached hydrogens (tertiary/aromatic N) is 3. The Labute approximate surface area is 186 Å². The first-order chi connectivity index (χ1) is 14.9. The smallest absolute Gasteiger partial charge is 0.348 e. The summed E-state index contributed by atoms with van der Waals surface area (Å²) in [6.07, 6.45) is 0. The van der Waals surface area contributed by atoms with Crippen LogP contribution in [0.4, 0.5) is 0 Å². The number of carbonyl (C=O) groups is 2. The van der Waals surface area contributed by atoms with Gasteiger partial charge in [-0.3, -0.25) is 4.79 Å². The van der Waals surface area contributed by atoms with Crippen LogP contribution >= 0.6 is 23.1 Å². The number of aromatic nitrogens is 3. The van der Waals surface area contributed by atoms with Crippen LogP contribution in [0.3, 0.4) is 0 Å². The monoisotopic (exact) mass is 457 g/mol. The zero-order chi connectivity index (χ0) is 22.5. The second-order valence-corrected chi connectivity index (χ2v) is 8.35. The third-order valence-electron chi connectivity index (χ3n) is 4.30. The van der Waals surface area contributed by atoms with Crippen LogP contribution in [0, 0.1) is 18.3 Å². The van der Waals surface area contributed by atoms with Gasteiger partial charge in [-0.25, -0.2) is 4.79 Å². The summed E-state index contributed by atoms with van der Waals surface area (Å²) >= 11 is 2.04. The molecule has 2 heterocycles. The number of thiophene rings is 1. The Balaban J connectivity index is 1.96. The van der Waals surface area contributed by atoms with Crippen LogP contribution in [0.1, 0.15) is 37.8 Å². The molecule has 31 heavy (non-hydrogen) atoms. The van der Waals surface area contributed by atoms with Gasteiger partial charge in [0.1, 0.15) is 21.9 Å². The first-order valence-electron chi connectivity index (χ1n) is 9.13. The van der Waals surface area contributed by atoms with Crippen molar-refractivity contribution in [2.45, 2.75) is 24.3 Å². The molecule has 0 aliphatic rings. The zero-order valence-electron chi connectivity index (χ0n) is 17.0. The van der Waals surface area contributed by atoms with Crippen LogP contribution in [0.15, 0.2) is 29.4 Å². The number of rotatable bonds is 8. The number of benzene rings is 1. The van der Waals surface area contributed by atoms with Crippen LogP contribution in [0.5, 0.6) is 5.75 Å². The van der Waals surface area contributed by atoms with Gasteiger partial charge in [-0.15, -0.1) is 21.5 Å². The van der Waals surface area contributed by atoms with Crippen LogP contribution in [0.25, 0.3) is 11.4 Å². The van der Waals surface area contributed by atoms with Crippen LogP contribution in [0.2, 0.25) is 0 Å². The Bertz CT molecular complexity index is 1160. The number of nitrogens with two attached hydrogens (primary N) is 1. The predicted molar refractivity (Wildman–Crippen MR) is 116 cm³/mol. The first kappa shape index (κ1) is 22.3. The molecular formula is C20H19N5O4S2. The lowest BCUT2D eigenvalue weighted by Gasteiger charge is -2.10. The molecule has 0 spiro atoms. The van der Waals surface area contributed by atoms with Crippen molar-refractivity contribution in [2.75, 3.05) is 13.7 Å². The van der Waals surface area contributed by atoms with E-state index in [1.165, 1.54) is 0 Å². The van der Waals surface area contributed by atoms with E-state index in [0.29, 0.717) is 32.7 Å². The first-order valence-corrected chi connectivity index (χ1v) is 10.8. The second kappa shape index (κ2) is 9.63. The van der Waals surface area contributed by atoms with Gasteiger partial charge in [0.15, 0.2) is 11.0 Å². The molecule has 11 heteroatoms. The average Bonchev–Trinajstić information content (AvgIpc) is 3.36. The summed E-state index contributed by atoms with van der Waals surface area (Å²) in [6, 6.07) is 9.35. The number of H-pyrrole nitrogens is 1. The molecule has 9 nitrogen and oxygen atoms in total. The number of ether oxygens (including phenoxy) is 2. The maximum Gasteiger partial charge on any atom is 0.348 e. The van der Waals surface area contributed by atoms with Gasteiger partial charge < -0.3 is 20.2 Å². The summed E-state index contributed by atoms with van der Waals surface area (Å²) in [4.78, 5) is 28.2. The maximum atomic E-state index is 12.3. The fourth-order valence-electron chi connectivity index (χ4n) is 2.86. The molecule has 1 amide bonds. The molecule has 0 saturated carbocycles. The summed E-state index contributed by atoms with van der Waals surface area (Å²) in [7, 11) is 1.55. The molecule has 1 aromatic carbocycles. The second-order valence-electron chi connectivity index (χ2n) is 6.21. The molecule has 0 fully saturated rings. The van der Waals surface area contributed by atoms with Crippen molar-refractivity contribution in [1.82, 2.24) is 15.2 Å². The molecule has 3 N–H and O–H groups in total. The van der Waals surface area contributed by atoms with Crippen molar-refractivity contribution < 1.29 is 19.1 Å². The molecule has 160 valence electrons. The molecule has 1 atom stereocenters. The van der Waals surface area contributed by atoms with Gasteiger partial charge in [0, 0.05) is 4.88 Å². The standard InChI is InChI=1S/C20H19N5O4S2/c1-4-29-19(27)14-10(2)12(9-21)15(30-14)16(17(22)26)31-20-23-18(24-25-20)11-7-5-6-8-13(11)28-3/h5-8,16H,4H2,1-3H3,(H2,22,26)(H,23,24,25). The number of esters is 1. The molecule has 1 unspecified atom stereocenters. The van der Waals surface area contributed by atoms with E-state index in [4.69, 9.17) is 15.2 Å². The molecule has 2 aromatic heterocycles. The van der Waals surface area contributed by atoms with E-state index in [1.54, 1.807) is 27.0 Å². The highest BCUT2D eigenvalue weighted by molar-refractivity contribution is 8.00. The Hall–Kier alpha value is -3.36. The number of methoxy groups -OCH3 is 1. The number of nitrogens with one attached hydrogen (secondary N) is 1. The van der Waals surface area contributed by atoms with Gasteiger partial charge in [-0.2, -0.15) is 5.26 Å². The molecule has 0 aliphatic carbocycles. The van der Waals surface area contributed by atoms with Crippen molar-refractivity contribution in [3.05, 3.63) is 45.1 Å². The number of thioether (sulfide) groups is 1. The Morgan fingerprint density at radius 2 is 2.10 bits per heavy atom. The fraction of sp³-hybridized carbons (Fsp3) is 0.250. The van der Waals surface area contributed by atoms with Crippen molar-refractivity contribution >= 4 is 35.0 Å². The summed E-state index contributed by atoms with van der Waals surface area (Å²) in [5, 5.41) is 17.2. The molecule has 3 aromatic rings. The number of nitriles is 1. The molecule has 0 bridgehead atoms. The molecule has 3 rings (SSSR count). The van der Waals surface area contributed by atoms with Gasteiger partial charge in [-0.05, 0) is 31.5 Å². The van der Waals surface area contributed by atoms with Gasteiger partial charge in [0.2, 0.25) is 5.91 Å². The van der Waals surface area contributed by atoms with Crippen molar-refractivity contribution in [3.63, 3.8) is 0 Å². The SMILES string of the molecule is CCOC(=O)c1sc(C(Sc2nnc(-c3ccccc3OC)[nH]2)C(N)=O)c(C#N)c1C. The lowest BCUT2D eigenvalue weighted by molar-refractivity contribution is -0.117. The van der Waals surface area contributed by atoms with Crippen molar-refractivity contribution in [1.29, 1.82) is 5.26 Å². The van der Waals surface area contributed by atoms with E-state index in [-0.39, 0.29) is 17.0 Å². The minimum atomic E-state index is -0.944. The van der Waals surface area contributed by atoms with Crippen molar-refractivity contribution in [3.8, 4) is 23.2 Å². The average molecular weight is 458 g/mol. The number of hydrogen-bond acceptors (Lipinski definition) is 9. The highest BCUT2D eigenvalue weighted by Crippen LogP contribution is 2.42. The summed E-state index contributed by atoms with van der Waals surface area (Å²) in [5.74, 6) is -0.146. The largest absolute Gasteiger partial charge is 0.496 e. The van der Waals surface area contributed by atoms with E-state index in [9.17, 15) is 14.9 Å². The number of primary amides is 1. The van der Waals surface area contributed by atoms with E-state index in [1.807, 2.05) is 18.2 Å². The number of carbonyl (C=O) groups excluding carboxylic acids is 2. The third-order valence-corrected chi connectivity index (χ3v) is 6.90. The van der Waals surface area contributed by atoms with Gasteiger partial charge in [0.05, 0.1) is 24.8 Å². The van der Waals surface area contributed by atoms with E-state index >= 15 is 0 Å². The van der Waals surface area contributed by atoms with E-state index < -0.39 is 17.1 Å². The maximum absolute atomic E-state index is 12.3. The minimum absolute atomic E-state index is 0.200. The number of hydrogen-bond donors (Lipinski definition) is 2. The lowest BCUT2D eigenvalue weighted by atomic mass is 10.1. The summed E-state index contributed by atoms with van der Waals surface area (Å²) in [5.41, 5.74) is 7.03. The van der Waals surface area contributed by atoms with Crippen LogP contribution in [-0.4, -0.2) is 40.8 Å². The minimum Gasteiger partial charge on any atom is -0.496 e. The predicted octanol–water partition coefficient (Wildman–Crippen LogP) is 3.22. The highest BCUT2D eigenvalue weighted by Gasteiger charge is 2.31.